The highest BCUT2D eigenvalue weighted by atomic mass is 127. The van der Waals surface area contributed by atoms with Crippen molar-refractivity contribution in [2.24, 2.45) is 5.92 Å². The van der Waals surface area contributed by atoms with Gasteiger partial charge >= 0.3 is 0 Å². The van der Waals surface area contributed by atoms with Crippen LogP contribution < -0.4 is 10.6 Å². The van der Waals surface area contributed by atoms with E-state index in [0.29, 0.717) is 0 Å². The fourth-order valence-electron chi connectivity index (χ4n) is 2.02. The van der Waals surface area contributed by atoms with E-state index >= 15 is 0 Å². The van der Waals surface area contributed by atoms with Gasteiger partial charge in [0.2, 0.25) is 5.91 Å². The largest absolute Gasteiger partial charge is 0.355 e. The molecule has 1 fully saturated rings. The highest BCUT2D eigenvalue weighted by molar-refractivity contribution is 14.1. The Morgan fingerprint density at radius 2 is 2.24 bits per heavy atom. The first-order chi connectivity index (χ1) is 8.25. The molecule has 2 heterocycles. The number of piperidine rings is 1. The first kappa shape index (κ1) is 13.3. The Morgan fingerprint density at radius 3 is 2.88 bits per heavy atom. The molecule has 1 amide bonds. The van der Waals surface area contributed by atoms with E-state index in [-0.39, 0.29) is 11.8 Å². The van der Waals surface area contributed by atoms with E-state index < -0.39 is 0 Å². The summed E-state index contributed by atoms with van der Waals surface area (Å²) < 4.78 is 1.31. The molecule has 2 rings (SSSR count). The van der Waals surface area contributed by atoms with E-state index in [0.717, 1.165) is 38.9 Å². The van der Waals surface area contributed by atoms with Crippen molar-refractivity contribution in [1.29, 1.82) is 0 Å². The molecular formula is C12H17IN2OS. The number of carbonyl (C=O) groups excluding carboxylic acids is 1. The van der Waals surface area contributed by atoms with Gasteiger partial charge in [0.1, 0.15) is 0 Å². The van der Waals surface area contributed by atoms with Crippen molar-refractivity contribution in [2.45, 2.75) is 19.3 Å². The summed E-state index contributed by atoms with van der Waals surface area (Å²) >= 11 is 4.13. The van der Waals surface area contributed by atoms with Crippen LogP contribution in [0.2, 0.25) is 0 Å². The minimum absolute atomic E-state index is 0.222. The van der Waals surface area contributed by atoms with Crippen molar-refractivity contribution in [1.82, 2.24) is 10.6 Å². The molecule has 0 aliphatic carbocycles. The molecule has 1 aliphatic heterocycles. The van der Waals surface area contributed by atoms with E-state index in [4.69, 9.17) is 0 Å². The molecule has 0 radical (unpaired) electrons. The molecule has 3 nitrogen and oxygen atoms in total. The van der Waals surface area contributed by atoms with Gasteiger partial charge in [-0.3, -0.25) is 4.79 Å². The van der Waals surface area contributed by atoms with Crippen LogP contribution in [0.5, 0.6) is 0 Å². The number of hydrogen-bond acceptors (Lipinski definition) is 3. The molecule has 17 heavy (non-hydrogen) atoms. The van der Waals surface area contributed by atoms with Crippen molar-refractivity contribution in [3.8, 4) is 0 Å². The smallest absolute Gasteiger partial charge is 0.223 e. The fraction of sp³-hybridized carbons (Fsp3) is 0.583. The molecule has 0 saturated carbocycles. The van der Waals surface area contributed by atoms with Gasteiger partial charge in [0.15, 0.2) is 0 Å². The minimum atomic E-state index is 0.222. The molecule has 0 bridgehead atoms. The lowest BCUT2D eigenvalue weighted by Gasteiger charge is -2.21. The Kier molecular flexibility index (Phi) is 5.24. The standard InChI is InChI=1S/C12H17IN2OS/c13-11-2-1-10(17-11)5-8-15-12(16)9-3-6-14-7-4-9/h1-2,9,14H,3-8H2,(H,15,16). The second kappa shape index (κ2) is 6.70. The van der Waals surface area contributed by atoms with Crippen molar-refractivity contribution in [2.75, 3.05) is 19.6 Å². The Bertz CT molecular complexity index is 374. The molecule has 0 atom stereocenters. The molecular weight excluding hydrogens is 347 g/mol. The van der Waals surface area contributed by atoms with Gasteiger partial charge in [0, 0.05) is 17.3 Å². The highest BCUT2D eigenvalue weighted by Crippen LogP contribution is 2.18. The average Bonchev–Trinajstić information content (AvgIpc) is 2.76. The third-order valence-electron chi connectivity index (χ3n) is 3.01. The Morgan fingerprint density at radius 1 is 1.47 bits per heavy atom. The molecule has 1 aromatic rings. The van der Waals surface area contributed by atoms with Gasteiger partial charge in [0.25, 0.3) is 0 Å². The number of halogens is 1. The van der Waals surface area contributed by atoms with E-state index in [1.165, 1.54) is 7.76 Å². The zero-order valence-corrected chi connectivity index (χ0v) is 12.6. The zero-order valence-electron chi connectivity index (χ0n) is 9.67. The lowest BCUT2D eigenvalue weighted by molar-refractivity contribution is -0.125. The van der Waals surface area contributed by atoms with Crippen LogP contribution in [0, 0.1) is 8.80 Å². The molecule has 5 heteroatoms. The SMILES string of the molecule is O=C(NCCc1ccc(I)s1)C1CCNCC1. The summed E-state index contributed by atoms with van der Waals surface area (Å²) in [6.45, 7) is 2.71. The maximum Gasteiger partial charge on any atom is 0.223 e. The summed E-state index contributed by atoms with van der Waals surface area (Å²) in [7, 11) is 0. The molecule has 0 unspecified atom stereocenters. The third kappa shape index (κ3) is 4.22. The summed E-state index contributed by atoms with van der Waals surface area (Å²) in [5.74, 6) is 0.456. The molecule has 0 spiro atoms. The van der Waals surface area contributed by atoms with Gasteiger partial charge in [-0.05, 0) is 67.1 Å². The summed E-state index contributed by atoms with van der Waals surface area (Å²) in [6, 6.07) is 4.26. The second-order valence-corrected chi connectivity index (χ2v) is 7.33. The van der Waals surface area contributed by atoms with Crippen LogP contribution in [0.4, 0.5) is 0 Å². The maximum absolute atomic E-state index is 11.9. The van der Waals surface area contributed by atoms with E-state index in [1.807, 2.05) is 0 Å². The van der Waals surface area contributed by atoms with Gasteiger partial charge in [-0.1, -0.05) is 0 Å². The van der Waals surface area contributed by atoms with Crippen molar-refractivity contribution >= 4 is 39.8 Å². The molecule has 0 aromatic carbocycles. The topological polar surface area (TPSA) is 41.1 Å². The number of carbonyl (C=O) groups is 1. The first-order valence-corrected chi connectivity index (χ1v) is 7.88. The maximum atomic E-state index is 11.9. The number of nitrogens with one attached hydrogen (secondary N) is 2. The van der Waals surface area contributed by atoms with Gasteiger partial charge < -0.3 is 10.6 Å². The molecule has 1 saturated heterocycles. The predicted octanol–water partition coefficient (Wildman–Crippen LogP) is 2.01. The van der Waals surface area contributed by atoms with Crippen LogP contribution in [-0.2, 0) is 11.2 Å². The summed E-state index contributed by atoms with van der Waals surface area (Å²) in [6.07, 6.45) is 2.90. The quantitative estimate of drug-likeness (QED) is 0.803. The van der Waals surface area contributed by atoms with Crippen molar-refractivity contribution in [3.63, 3.8) is 0 Å². The number of amides is 1. The fourth-order valence-corrected chi connectivity index (χ4v) is 3.78. The first-order valence-electron chi connectivity index (χ1n) is 5.98. The van der Waals surface area contributed by atoms with Crippen LogP contribution in [0.1, 0.15) is 17.7 Å². The van der Waals surface area contributed by atoms with Crippen molar-refractivity contribution < 1.29 is 4.79 Å². The van der Waals surface area contributed by atoms with Crippen LogP contribution in [0.3, 0.4) is 0 Å². The van der Waals surface area contributed by atoms with Crippen LogP contribution in [0.15, 0.2) is 12.1 Å². The Hall–Kier alpha value is -0.140. The normalized spacial score (nSPS) is 17.0. The number of thiophene rings is 1. The predicted molar refractivity (Wildman–Crippen MR) is 79.3 cm³/mol. The van der Waals surface area contributed by atoms with E-state index in [2.05, 4.69) is 45.4 Å². The van der Waals surface area contributed by atoms with Crippen LogP contribution >= 0.6 is 33.9 Å². The van der Waals surface area contributed by atoms with E-state index in [1.54, 1.807) is 11.3 Å². The summed E-state index contributed by atoms with van der Waals surface area (Å²) in [5, 5.41) is 6.32. The lowest BCUT2D eigenvalue weighted by Crippen LogP contribution is -2.38. The molecule has 1 aliphatic rings. The highest BCUT2D eigenvalue weighted by Gasteiger charge is 2.20. The second-order valence-electron chi connectivity index (χ2n) is 4.27. The van der Waals surface area contributed by atoms with Gasteiger partial charge in [0.05, 0.1) is 2.88 Å². The zero-order chi connectivity index (χ0) is 12.1. The van der Waals surface area contributed by atoms with Gasteiger partial charge in [-0.25, -0.2) is 0 Å². The molecule has 2 N–H and O–H groups in total. The van der Waals surface area contributed by atoms with Crippen LogP contribution in [-0.4, -0.2) is 25.5 Å². The number of hydrogen-bond donors (Lipinski definition) is 2. The Labute approximate surface area is 120 Å². The summed E-state index contributed by atoms with van der Waals surface area (Å²) in [5.41, 5.74) is 0. The third-order valence-corrected chi connectivity index (χ3v) is 4.96. The molecule has 94 valence electrons. The average molecular weight is 364 g/mol. The number of rotatable bonds is 4. The van der Waals surface area contributed by atoms with Crippen molar-refractivity contribution in [3.05, 3.63) is 19.9 Å². The monoisotopic (exact) mass is 364 g/mol. The summed E-state index contributed by atoms with van der Waals surface area (Å²) in [4.78, 5) is 13.2. The Balaban J connectivity index is 1.69. The minimum Gasteiger partial charge on any atom is -0.355 e. The van der Waals surface area contributed by atoms with Crippen LogP contribution in [0.25, 0.3) is 0 Å². The van der Waals surface area contributed by atoms with Gasteiger partial charge in [-0.2, -0.15) is 0 Å². The van der Waals surface area contributed by atoms with E-state index in [9.17, 15) is 4.79 Å². The lowest BCUT2D eigenvalue weighted by atomic mass is 9.97. The molecule has 1 aromatic heterocycles. The van der Waals surface area contributed by atoms with Gasteiger partial charge in [-0.15, -0.1) is 11.3 Å².